The van der Waals surface area contributed by atoms with E-state index in [0.717, 1.165) is 51.4 Å². The Hall–Kier alpha value is -3.60. The Balaban J connectivity index is 0.000000360. The molecule has 68 heavy (non-hydrogen) atoms. The summed E-state index contributed by atoms with van der Waals surface area (Å²) >= 11 is 0. The molecule has 0 amide bonds. The summed E-state index contributed by atoms with van der Waals surface area (Å²) in [4.78, 5) is 0. The normalized spacial score (nSPS) is 13.1. The van der Waals surface area contributed by atoms with Crippen LogP contribution in [0.3, 0.4) is 0 Å². The summed E-state index contributed by atoms with van der Waals surface area (Å²) in [6, 6.07) is 42.5. The summed E-state index contributed by atoms with van der Waals surface area (Å²) in [5, 5.41) is 35.3. The standard InChI is InChI=1S/2C28H42O6/c2*29-13-16-32-19-18-31-15-7-12-27(22-25-8-3-1-4-9-25)28(23-26-10-5-2-6-11-26)24-34-21-20-33-17-14-30/h2*1-6,8-11,27-30H,7,12-24H2/t2*27-,28+/m10/s1. The van der Waals surface area contributed by atoms with E-state index in [2.05, 4.69) is 121 Å². The van der Waals surface area contributed by atoms with Gasteiger partial charge in [-0.1, -0.05) is 121 Å². The van der Waals surface area contributed by atoms with Crippen molar-refractivity contribution in [2.75, 3.05) is 132 Å². The topological polar surface area (TPSA) is 155 Å². The van der Waals surface area contributed by atoms with Crippen LogP contribution in [0.1, 0.15) is 47.9 Å². The molecule has 0 radical (unpaired) electrons. The van der Waals surface area contributed by atoms with Crippen LogP contribution in [0.15, 0.2) is 121 Å². The predicted molar refractivity (Wildman–Crippen MR) is 268 cm³/mol. The van der Waals surface area contributed by atoms with Gasteiger partial charge in [0.05, 0.1) is 119 Å². The number of ether oxygens (including phenoxy) is 8. The lowest BCUT2D eigenvalue weighted by atomic mass is 9.80. The summed E-state index contributed by atoms with van der Waals surface area (Å²) in [5.41, 5.74) is 5.33. The van der Waals surface area contributed by atoms with Crippen molar-refractivity contribution in [3.8, 4) is 0 Å². The van der Waals surface area contributed by atoms with Gasteiger partial charge in [0.25, 0.3) is 0 Å². The Bertz CT molecular complexity index is 1520. The molecule has 380 valence electrons. The molecule has 0 saturated carbocycles. The van der Waals surface area contributed by atoms with E-state index in [4.69, 9.17) is 58.3 Å². The average molecular weight is 949 g/mol. The van der Waals surface area contributed by atoms with Crippen LogP contribution in [0.2, 0.25) is 0 Å². The second-order valence-electron chi connectivity index (χ2n) is 16.8. The minimum atomic E-state index is 0.0331. The number of hydrogen-bond donors (Lipinski definition) is 4. The van der Waals surface area contributed by atoms with Crippen molar-refractivity contribution in [3.05, 3.63) is 144 Å². The Kier molecular flexibility index (Phi) is 36.5. The highest BCUT2D eigenvalue weighted by atomic mass is 16.5. The van der Waals surface area contributed by atoms with E-state index >= 15 is 0 Å². The van der Waals surface area contributed by atoms with Crippen molar-refractivity contribution in [3.63, 3.8) is 0 Å². The quantitative estimate of drug-likeness (QED) is 0.0336. The second-order valence-corrected chi connectivity index (χ2v) is 16.8. The molecular weight excluding hydrogens is 865 g/mol. The van der Waals surface area contributed by atoms with Crippen LogP contribution in [0.4, 0.5) is 0 Å². The molecule has 4 aromatic carbocycles. The number of hydrogen-bond acceptors (Lipinski definition) is 12. The van der Waals surface area contributed by atoms with Crippen LogP contribution in [-0.4, -0.2) is 153 Å². The highest BCUT2D eigenvalue weighted by Gasteiger charge is 2.24. The fraction of sp³-hybridized carbons (Fsp3) is 0.571. The zero-order valence-electron chi connectivity index (χ0n) is 40.7. The largest absolute Gasteiger partial charge is 0.394 e. The van der Waals surface area contributed by atoms with E-state index in [1.807, 2.05) is 0 Å². The number of aliphatic hydroxyl groups is 4. The van der Waals surface area contributed by atoms with Crippen LogP contribution < -0.4 is 0 Å². The van der Waals surface area contributed by atoms with Crippen LogP contribution in [-0.2, 0) is 63.6 Å². The third-order valence-electron chi connectivity index (χ3n) is 11.5. The van der Waals surface area contributed by atoms with Gasteiger partial charge in [0.15, 0.2) is 0 Å². The third-order valence-corrected chi connectivity index (χ3v) is 11.5. The molecule has 0 spiro atoms. The molecule has 0 saturated heterocycles. The lowest BCUT2D eigenvalue weighted by molar-refractivity contribution is 0.0112. The Morgan fingerprint density at radius 1 is 0.265 bits per heavy atom. The van der Waals surface area contributed by atoms with E-state index in [0.29, 0.717) is 129 Å². The van der Waals surface area contributed by atoms with Crippen molar-refractivity contribution < 1.29 is 58.3 Å². The van der Waals surface area contributed by atoms with E-state index in [1.54, 1.807) is 0 Å². The van der Waals surface area contributed by atoms with Crippen LogP contribution >= 0.6 is 0 Å². The second kappa shape index (κ2) is 42.3. The number of rotatable bonds is 42. The fourth-order valence-corrected chi connectivity index (χ4v) is 8.11. The summed E-state index contributed by atoms with van der Waals surface area (Å²) in [6.07, 6.45) is 7.98. The monoisotopic (exact) mass is 949 g/mol. The van der Waals surface area contributed by atoms with Gasteiger partial charge in [0.1, 0.15) is 0 Å². The van der Waals surface area contributed by atoms with Crippen LogP contribution in [0.25, 0.3) is 0 Å². The van der Waals surface area contributed by atoms with E-state index in [9.17, 15) is 0 Å². The number of benzene rings is 4. The predicted octanol–water partition coefficient (Wildman–Crippen LogP) is 7.07. The Morgan fingerprint density at radius 2 is 0.500 bits per heavy atom. The molecule has 0 heterocycles. The first-order chi connectivity index (χ1) is 33.7. The van der Waals surface area contributed by atoms with E-state index in [-0.39, 0.29) is 26.4 Å². The molecule has 4 aromatic rings. The van der Waals surface area contributed by atoms with Crippen molar-refractivity contribution in [1.29, 1.82) is 0 Å². The van der Waals surface area contributed by atoms with Crippen LogP contribution in [0.5, 0.6) is 0 Å². The van der Waals surface area contributed by atoms with Gasteiger partial charge in [0, 0.05) is 13.2 Å². The van der Waals surface area contributed by atoms with Crippen molar-refractivity contribution >= 4 is 0 Å². The zero-order chi connectivity index (χ0) is 48.2. The van der Waals surface area contributed by atoms with Gasteiger partial charge in [0.2, 0.25) is 0 Å². The van der Waals surface area contributed by atoms with Crippen molar-refractivity contribution in [1.82, 2.24) is 0 Å². The van der Waals surface area contributed by atoms with Gasteiger partial charge in [-0.2, -0.15) is 0 Å². The zero-order valence-corrected chi connectivity index (χ0v) is 40.7. The molecule has 0 bridgehead atoms. The summed E-state index contributed by atoms with van der Waals surface area (Å²) in [5.74, 6) is 1.65. The molecule has 0 fully saturated rings. The smallest absolute Gasteiger partial charge is 0.0701 e. The van der Waals surface area contributed by atoms with E-state index < -0.39 is 0 Å². The summed E-state index contributed by atoms with van der Waals surface area (Å²) in [6.45, 7) is 8.45. The molecule has 0 aromatic heterocycles. The molecule has 0 aliphatic carbocycles. The molecule has 12 heteroatoms. The lowest BCUT2D eigenvalue weighted by Gasteiger charge is -2.28. The first-order valence-corrected chi connectivity index (χ1v) is 24.9. The molecule has 0 aliphatic heterocycles. The molecule has 0 unspecified atom stereocenters. The molecule has 12 nitrogen and oxygen atoms in total. The lowest BCUT2D eigenvalue weighted by Crippen LogP contribution is -2.26. The van der Waals surface area contributed by atoms with Gasteiger partial charge in [-0.25, -0.2) is 0 Å². The molecule has 4 rings (SSSR count). The van der Waals surface area contributed by atoms with Gasteiger partial charge >= 0.3 is 0 Å². The summed E-state index contributed by atoms with van der Waals surface area (Å²) in [7, 11) is 0. The Labute approximate surface area is 407 Å². The number of aliphatic hydroxyl groups excluding tert-OH is 4. The Morgan fingerprint density at radius 3 is 0.765 bits per heavy atom. The maximum absolute atomic E-state index is 8.87. The van der Waals surface area contributed by atoms with Gasteiger partial charge in [-0.05, 0) is 97.3 Å². The van der Waals surface area contributed by atoms with E-state index in [1.165, 1.54) is 22.3 Å². The minimum absolute atomic E-state index is 0.0331. The van der Waals surface area contributed by atoms with Gasteiger partial charge < -0.3 is 58.3 Å². The van der Waals surface area contributed by atoms with Crippen molar-refractivity contribution in [2.45, 2.75) is 51.4 Å². The molecule has 4 N–H and O–H groups in total. The van der Waals surface area contributed by atoms with Gasteiger partial charge in [-0.3, -0.25) is 0 Å². The average Bonchev–Trinajstić information content (AvgIpc) is 3.37. The van der Waals surface area contributed by atoms with Crippen molar-refractivity contribution in [2.24, 2.45) is 23.7 Å². The van der Waals surface area contributed by atoms with Gasteiger partial charge in [-0.15, -0.1) is 0 Å². The fourth-order valence-electron chi connectivity index (χ4n) is 8.11. The third kappa shape index (κ3) is 30.1. The highest BCUT2D eigenvalue weighted by molar-refractivity contribution is 5.19. The maximum Gasteiger partial charge on any atom is 0.0701 e. The molecular formula is C56H84O12. The summed E-state index contributed by atoms with van der Waals surface area (Å²) < 4.78 is 44.8. The SMILES string of the molecule is OCCOCCOCCC[C@@H](Cc1ccccc1)[C@@H](COCCOCCO)Cc1ccccc1.OCCOCCOCCC[C@H](Cc1ccccc1)[C@H](COCCOCCO)Cc1ccccc1. The first kappa shape index (κ1) is 58.7. The molecule has 0 aliphatic rings. The maximum atomic E-state index is 8.87. The highest BCUT2D eigenvalue weighted by Crippen LogP contribution is 2.28. The van der Waals surface area contributed by atoms with Crippen LogP contribution in [0, 0.1) is 23.7 Å². The minimum Gasteiger partial charge on any atom is -0.394 e. The molecule has 4 atom stereocenters. The first-order valence-electron chi connectivity index (χ1n) is 24.9.